The van der Waals surface area contributed by atoms with E-state index in [2.05, 4.69) is 127 Å². The topological polar surface area (TPSA) is 60.7 Å². The molecule has 0 aliphatic carbocycles. The monoisotopic (exact) mass is 672 g/mol. The van der Waals surface area contributed by atoms with Gasteiger partial charge in [0.25, 0.3) is 0 Å². The molecule has 0 radical (unpaired) electrons. The zero-order valence-corrected chi connectivity index (χ0v) is 28.5. The maximum absolute atomic E-state index is 10.8. The Morgan fingerprint density at radius 1 is 0.340 bits per heavy atom. The molecular formula is C50H28N2O. The molecule has 53 heavy (non-hydrogen) atoms. The van der Waals surface area contributed by atoms with Crippen LogP contribution in [0, 0.1) is 22.7 Å². The van der Waals surface area contributed by atoms with E-state index in [0.717, 1.165) is 71.8 Å². The molecule has 0 amide bonds. The molecule has 3 nitrogen and oxygen atoms in total. The van der Waals surface area contributed by atoms with Gasteiger partial charge in [0.05, 0.1) is 17.2 Å². The lowest BCUT2D eigenvalue weighted by molar-refractivity contribution is 0.669. The first-order valence-corrected chi connectivity index (χ1v) is 17.6. The average molecular weight is 673 g/mol. The van der Waals surface area contributed by atoms with Crippen molar-refractivity contribution in [1.82, 2.24) is 0 Å². The van der Waals surface area contributed by atoms with Gasteiger partial charge in [-0.05, 0) is 114 Å². The Bertz CT molecular complexity index is 3160. The van der Waals surface area contributed by atoms with E-state index in [0.29, 0.717) is 11.1 Å². The highest BCUT2D eigenvalue weighted by Crippen LogP contribution is 2.43. The van der Waals surface area contributed by atoms with Gasteiger partial charge in [0.15, 0.2) is 0 Å². The number of benzene rings is 9. The second-order valence-corrected chi connectivity index (χ2v) is 13.5. The van der Waals surface area contributed by atoms with Gasteiger partial charge >= 0.3 is 0 Å². The maximum atomic E-state index is 10.8. The zero-order valence-electron chi connectivity index (χ0n) is 28.5. The summed E-state index contributed by atoms with van der Waals surface area (Å²) < 4.78 is 6.51. The van der Waals surface area contributed by atoms with Gasteiger partial charge in [0.2, 0.25) is 0 Å². The molecule has 0 aliphatic heterocycles. The Kier molecular flexibility index (Phi) is 6.93. The fourth-order valence-corrected chi connectivity index (χ4v) is 8.08. The van der Waals surface area contributed by atoms with Crippen LogP contribution in [0.4, 0.5) is 0 Å². The molecule has 10 rings (SSSR count). The van der Waals surface area contributed by atoms with E-state index in [1.807, 2.05) is 54.6 Å². The molecule has 0 N–H and O–H groups in total. The SMILES string of the molecule is N#Cc1cccc(-c2cccc3oc4cc(-c5cc(-c6ccccc6)c(C#N)c(-c6ccc7c8ccccc8c8ccccc8c7c6)c5)ccc4c23)c1. The molecule has 0 aliphatic rings. The van der Waals surface area contributed by atoms with Crippen LogP contribution in [0.3, 0.4) is 0 Å². The number of fused-ring (bicyclic) bond motifs is 9. The van der Waals surface area contributed by atoms with Crippen LogP contribution in [0.25, 0.3) is 98.8 Å². The van der Waals surface area contributed by atoms with Crippen molar-refractivity contribution in [2.45, 2.75) is 0 Å². The third-order valence-electron chi connectivity index (χ3n) is 10.5. The summed E-state index contributed by atoms with van der Waals surface area (Å²) in [6.45, 7) is 0. The number of nitriles is 2. The molecular weight excluding hydrogens is 645 g/mol. The van der Waals surface area contributed by atoms with Crippen LogP contribution < -0.4 is 0 Å². The summed E-state index contributed by atoms with van der Waals surface area (Å²) in [4.78, 5) is 0. The lowest BCUT2D eigenvalue weighted by Gasteiger charge is -2.16. The minimum atomic E-state index is 0.619. The summed E-state index contributed by atoms with van der Waals surface area (Å²) >= 11 is 0. The van der Waals surface area contributed by atoms with Crippen molar-refractivity contribution in [3.05, 3.63) is 181 Å². The van der Waals surface area contributed by atoms with Crippen LogP contribution in [0.5, 0.6) is 0 Å². The predicted molar refractivity (Wildman–Crippen MR) is 217 cm³/mol. The molecule has 0 unspecified atom stereocenters. The van der Waals surface area contributed by atoms with Crippen LogP contribution in [-0.2, 0) is 0 Å². The largest absolute Gasteiger partial charge is 0.456 e. The molecule has 0 saturated carbocycles. The van der Waals surface area contributed by atoms with Crippen molar-refractivity contribution < 1.29 is 4.42 Å². The first kappa shape index (κ1) is 30.4. The summed E-state index contributed by atoms with van der Waals surface area (Å²) in [5.74, 6) is 0. The number of furan rings is 1. The van der Waals surface area contributed by atoms with Gasteiger partial charge in [0, 0.05) is 21.9 Å². The first-order valence-electron chi connectivity index (χ1n) is 17.6. The van der Waals surface area contributed by atoms with Crippen molar-refractivity contribution in [1.29, 1.82) is 10.5 Å². The molecule has 1 heterocycles. The smallest absolute Gasteiger partial charge is 0.136 e. The molecule has 0 fully saturated rings. The maximum Gasteiger partial charge on any atom is 0.136 e. The van der Waals surface area contributed by atoms with Crippen molar-refractivity contribution in [3.63, 3.8) is 0 Å². The van der Waals surface area contributed by atoms with Gasteiger partial charge < -0.3 is 4.42 Å². The number of hydrogen-bond donors (Lipinski definition) is 0. The normalized spacial score (nSPS) is 11.4. The van der Waals surface area contributed by atoms with Crippen molar-refractivity contribution in [3.8, 4) is 56.6 Å². The van der Waals surface area contributed by atoms with E-state index >= 15 is 0 Å². The van der Waals surface area contributed by atoms with Crippen LogP contribution >= 0.6 is 0 Å². The summed E-state index contributed by atoms with van der Waals surface area (Å²) in [5, 5.41) is 29.6. The zero-order chi connectivity index (χ0) is 35.5. The van der Waals surface area contributed by atoms with Crippen molar-refractivity contribution in [2.75, 3.05) is 0 Å². The van der Waals surface area contributed by atoms with Gasteiger partial charge in [-0.25, -0.2) is 0 Å². The van der Waals surface area contributed by atoms with Gasteiger partial charge in [-0.1, -0.05) is 121 Å². The number of rotatable bonds is 4. The molecule has 0 atom stereocenters. The van der Waals surface area contributed by atoms with E-state index < -0.39 is 0 Å². The molecule has 0 spiro atoms. The number of hydrogen-bond acceptors (Lipinski definition) is 3. The highest BCUT2D eigenvalue weighted by atomic mass is 16.3. The van der Waals surface area contributed by atoms with Crippen LogP contribution in [-0.4, -0.2) is 0 Å². The van der Waals surface area contributed by atoms with Crippen LogP contribution in [0.15, 0.2) is 174 Å². The Balaban J connectivity index is 1.20. The second-order valence-electron chi connectivity index (χ2n) is 13.5. The summed E-state index contributed by atoms with van der Waals surface area (Å²) in [6.07, 6.45) is 0. The van der Waals surface area contributed by atoms with Gasteiger partial charge in [-0.3, -0.25) is 0 Å². The van der Waals surface area contributed by atoms with Gasteiger partial charge in [0.1, 0.15) is 17.2 Å². The lowest BCUT2D eigenvalue weighted by Crippen LogP contribution is -1.93. The van der Waals surface area contributed by atoms with Crippen LogP contribution in [0.1, 0.15) is 11.1 Å². The van der Waals surface area contributed by atoms with E-state index in [9.17, 15) is 10.5 Å². The predicted octanol–water partition coefficient (Wildman–Crippen LogP) is 13.5. The minimum Gasteiger partial charge on any atom is -0.456 e. The quantitative estimate of drug-likeness (QED) is 0.175. The van der Waals surface area contributed by atoms with E-state index in [-0.39, 0.29) is 0 Å². The minimum absolute atomic E-state index is 0.619. The third-order valence-corrected chi connectivity index (χ3v) is 10.5. The standard InChI is InChI=1S/C50H28N2O/c51-29-31-10-8-13-34(24-31)37-18-9-19-48-50(37)43-23-20-33(28-49(43)53-48)36-26-44(32-11-2-1-3-12-32)47(30-52)45(27-36)35-21-22-42-40-16-5-4-14-38(40)39-15-6-7-17-41(39)46(42)25-35/h1-28H. The fraction of sp³-hybridized carbons (Fsp3) is 0. The highest BCUT2D eigenvalue weighted by Gasteiger charge is 2.19. The van der Waals surface area contributed by atoms with E-state index in [4.69, 9.17) is 4.42 Å². The Labute approximate surface area is 305 Å². The summed E-state index contributed by atoms with van der Waals surface area (Å²) in [6, 6.07) is 63.2. The highest BCUT2D eigenvalue weighted by molar-refractivity contribution is 6.25. The van der Waals surface area contributed by atoms with E-state index in [1.165, 1.54) is 26.9 Å². The van der Waals surface area contributed by atoms with Crippen molar-refractivity contribution >= 4 is 54.3 Å². The summed E-state index contributed by atoms with van der Waals surface area (Å²) in [7, 11) is 0. The lowest BCUT2D eigenvalue weighted by atomic mass is 9.86. The molecule has 244 valence electrons. The average Bonchev–Trinajstić information content (AvgIpc) is 3.62. The molecule has 9 aromatic carbocycles. The Morgan fingerprint density at radius 2 is 0.925 bits per heavy atom. The summed E-state index contributed by atoms with van der Waals surface area (Å²) in [5.41, 5.74) is 10.5. The molecule has 0 bridgehead atoms. The fourth-order valence-electron chi connectivity index (χ4n) is 8.08. The van der Waals surface area contributed by atoms with Gasteiger partial charge in [-0.2, -0.15) is 10.5 Å². The Hall–Kier alpha value is -7.46. The molecule has 3 heteroatoms. The van der Waals surface area contributed by atoms with E-state index in [1.54, 1.807) is 0 Å². The Morgan fingerprint density at radius 3 is 1.64 bits per heavy atom. The van der Waals surface area contributed by atoms with Gasteiger partial charge in [-0.15, -0.1) is 0 Å². The van der Waals surface area contributed by atoms with Crippen molar-refractivity contribution in [2.24, 2.45) is 0 Å². The van der Waals surface area contributed by atoms with Crippen LogP contribution in [0.2, 0.25) is 0 Å². The third kappa shape index (κ3) is 4.88. The molecule has 10 aromatic rings. The second kappa shape index (κ2) is 12.1. The molecule has 0 saturated heterocycles. The molecule has 1 aromatic heterocycles. The number of nitrogens with zero attached hydrogens (tertiary/aromatic N) is 2. The first-order chi connectivity index (χ1) is 26.2.